The average molecular weight is 230 g/mol. The number of H-pyrrole nitrogens is 3. The van der Waals surface area contributed by atoms with Gasteiger partial charge in [0.25, 0.3) is 5.56 Å². The Bertz CT molecular complexity index is 734. The molecule has 0 atom stereocenters. The van der Waals surface area contributed by atoms with E-state index in [2.05, 4.69) is 19.9 Å². The van der Waals surface area contributed by atoms with Crippen molar-refractivity contribution >= 4 is 21.0 Å². The number of rotatable bonds is 1. The fourth-order valence-electron chi connectivity index (χ4n) is 1.09. The molecule has 0 saturated carbocycles. The van der Waals surface area contributed by atoms with Gasteiger partial charge in [0, 0.05) is 6.26 Å². The third-order valence-corrected chi connectivity index (χ3v) is 2.62. The van der Waals surface area contributed by atoms with Crippen LogP contribution in [0.4, 0.5) is 0 Å². The molecule has 80 valence electrons. The fourth-order valence-corrected chi connectivity index (χ4v) is 1.62. The van der Waals surface area contributed by atoms with E-state index in [0.29, 0.717) is 0 Å². The topological polar surface area (TPSA) is 129 Å². The molecule has 2 heterocycles. The number of hydrogen-bond acceptors (Lipinski definition) is 5. The molecular weight excluding hydrogens is 224 g/mol. The zero-order valence-corrected chi connectivity index (χ0v) is 8.30. The Morgan fingerprint density at radius 3 is 2.40 bits per heavy atom. The number of imidazole rings is 1. The van der Waals surface area contributed by atoms with Gasteiger partial charge >= 0.3 is 5.69 Å². The summed E-state index contributed by atoms with van der Waals surface area (Å²) in [7, 11) is -3.61. The van der Waals surface area contributed by atoms with E-state index >= 15 is 0 Å². The Kier molecular flexibility index (Phi) is 1.80. The minimum Gasteiger partial charge on any atom is -0.300 e. The molecule has 8 nitrogen and oxygen atoms in total. The number of aromatic nitrogens is 4. The summed E-state index contributed by atoms with van der Waals surface area (Å²) in [5.41, 5.74) is -1.48. The lowest BCUT2D eigenvalue weighted by molar-refractivity contribution is 0.593. The molecule has 0 spiro atoms. The zero-order valence-electron chi connectivity index (χ0n) is 7.49. The first-order valence-electron chi connectivity index (χ1n) is 3.80. The van der Waals surface area contributed by atoms with E-state index in [4.69, 9.17) is 0 Å². The van der Waals surface area contributed by atoms with Crippen LogP contribution >= 0.6 is 0 Å². The number of hydrogen-bond donors (Lipinski definition) is 3. The Balaban J connectivity index is 2.96. The second-order valence-corrected chi connectivity index (χ2v) is 4.88. The van der Waals surface area contributed by atoms with E-state index in [1.807, 2.05) is 0 Å². The predicted octanol–water partition coefficient (Wildman–Crippen LogP) is -1.66. The van der Waals surface area contributed by atoms with Gasteiger partial charge in [-0.25, -0.2) is 13.2 Å². The molecule has 3 N–H and O–H groups in total. The Morgan fingerprint density at radius 2 is 1.80 bits per heavy atom. The van der Waals surface area contributed by atoms with Crippen molar-refractivity contribution in [3.63, 3.8) is 0 Å². The van der Waals surface area contributed by atoms with Crippen LogP contribution in [0.2, 0.25) is 0 Å². The summed E-state index contributed by atoms with van der Waals surface area (Å²) >= 11 is 0. The van der Waals surface area contributed by atoms with Crippen molar-refractivity contribution < 1.29 is 8.42 Å². The van der Waals surface area contributed by atoms with Crippen LogP contribution in [0.5, 0.6) is 0 Å². The lowest BCUT2D eigenvalue weighted by Gasteiger charge is -1.95. The van der Waals surface area contributed by atoms with E-state index in [1.54, 1.807) is 0 Å². The van der Waals surface area contributed by atoms with E-state index in [-0.39, 0.29) is 11.2 Å². The molecule has 0 aliphatic carbocycles. The van der Waals surface area contributed by atoms with Gasteiger partial charge in [-0.1, -0.05) is 0 Å². The van der Waals surface area contributed by atoms with E-state index in [9.17, 15) is 18.0 Å². The summed E-state index contributed by atoms with van der Waals surface area (Å²) < 4.78 is 22.2. The monoisotopic (exact) mass is 230 g/mol. The van der Waals surface area contributed by atoms with Gasteiger partial charge in [-0.05, 0) is 0 Å². The maximum absolute atomic E-state index is 11.3. The molecule has 0 unspecified atom stereocenters. The Labute approximate surface area is 82.3 Å². The molecule has 0 saturated heterocycles. The molecule has 0 aromatic carbocycles. The highest BCUT2D eigenvalue weighted by Crippen LogP contribution is 2.02. The van der Waals surface area contributed by atoms with Crippen molar-refractivity contribution in [2.45, 2.75) is 5.16 Å². The van der Waals surface area contributed by atoms with Crippen molar-refractivity contribution in [1.82, 2.24) is 19.9 Å². The summed E-state index contributed by atoms with van der Waals surface area (Å²) in [5.74, 6) is 0. The third kappa shape index (κ3) is 1.56. The zero-order chi connectivity index (χ0) is 11.2. The second kappa shape index (κ2) is 2.79. The second-order valence-electron chi connectivity index (χ2n) is 2.95. The lowest BCUT2D eigenvalue weighted by Crippen LogP contribution is -2.15. The molecule has 15 heavy (non-hydrogen) atoms. The molecule has 0 radical (unpaired) electrons. The molecule has 0 fully saturated rings. The van der Waals surface area contributed by atoms with Gasteiger partial charge in [-0.2, -0.15) is 4.98 Å². The van der Waals surface area contributed by atoms with Crippen molar-refractivity contribution in [3.05, 3.63) is 20.8 Å². The van der Waals surface area contributed by atoms with Crippen LogP contribution in [-0.4, -0.2) is 34.6 Å². The number of nitrogens with zero attached hydrogens (tertiary/aromatic N) is 1. The van der Waals surface area contributed by atoms with Gasteiger partial charge in [0.15, 0.2) is 11.2 Å². The van der Waals surface area contributed by atoms with Crippen LogP contribution in [0.15, 0.2) is 14.7 Å². The molecule has 0 aliphatic rings. The van der Waals surface area contributed by atoms with Crippen LogP contribution in [0.1, 0.15) is 0 Å². The van der Waals surface area contributed by atoms with E-state index in [0.717, 1.165) is 6.26 Å². The maximum Gasteiger partial charge on any atom is 0.325 e. The van der Waals surface area contributed by atoms with Crippen molar-refractivity contribution in [2.24, 2.45) is 0 Å². The smallest absolute Gasteiger partial charge is 0.300 e. The Hall–Kier alpha value is -1.90. The third-order valence-electron chi connectivity index (χ3n) is 1.72. The van der Waals surface area contributed by atoms with Gasteiger partial charge in [0.05, 0.1) is 0 Å². The van der Waals surface area contributed by atoms with Crippen LogP contribution < -0.4 is 11.2 Å². The molecule has 0 amide bonds. The number of aromatic amines is 3. The van der Waals surface area contributed by atoms with Crippen molar-refractivity contribution in [1.29, 1.82) is 0 Å². The first-order valence-corrected chi connectivity index (χ1v) is 5.69. The summed E-state index contributed by atoms with van der Waals surface area (Å²) in [4.78, 5) is 32.2. The van der Waals surface area contributed by atoms with Crippen molar-refractivity contribution in [3.8, 4) is 0 Å². The highest BCUT2D eigenvalue weighted by atomic mass is 32.2. The van der Waals surface area contributed by atoms with Gasteiger partial charge in [0.2, 0.25) is 15.0 Å². The molecule has 2 aromatic heterocycles. The summed E-state index contributed by atoms with van der Waals surface area (Å²) in [5, 5.41) is -0.477. The van der Waals surface area contributed by atoms with Crippen LogP contribution in [-0.2, 0) is 9.84 Å². The molecule has 9 heteroatoms. The molecule has 2 aromatic rings. The molecule has 2 rings (SSSR count). The Morgan fingerprint density at radius 1 is 1.13 bits per heavy atom. The fraction of sp³-hybridized carbons (Fsp3) is 0.167. The first kappa shape index (κ1) is 9.65. The number of sulfone groups is 1. The highest BCUT2D eigenvalue weighted by molar-refractivity contribution is 7.90. The average Bonchev–Trinajstić information content (AvgIpc) is 2.44. The van der Waals surface area contributed by atoms with Crippen LogP contribution in [0.25, 0.3) is 11.2 Å². The molecule has 0 aliphatic heterocycles. The number of nitrogens with one attached hydrogen (secondary N) is 3. The lowest BCUT2D eigenvalue weighted by atomic mass is 10.6. The largest absolute Gasteiger partial charge is 0.325 e. The number of fused-ring (bicyclic) bond motifs is 1. The molecular formula is C6H6N4O4S. The van der Waals surface area contributed by atoms with Gasteiger partial charge < -0.3 is 0 Å². The minimum atomic E-state index is -3.61. The summed E-state index contributed by atoms with van der Waals surface area (Å²) in [6, 6.07) is 0. The molecule has 0 bridgehead atoms. The van der Waals surface area contributed by atoms with Crippen LogP contribution in [0.3, 0.4) is 0 Å². The summed E-state index contributed by atoms with van der Waals surface area (Å²) in [6.07, 6.45) is 0.905. The van der Waals surface area contributed by atoms with Gasteiger partial charge in [-0.15, -0.1) is 0 Å². The maximum atomic E-state index is 11.3. The minimum absolute atomic E-state index is 0.0765. The van der Waals surface area contributed by atoms with Crippen LogP contribution in [0, 0.1) is 0 Å². The first-order chi connectivity index (χ1) is 6.88. The SMILES string of the molecule is CS(=O)(=O)c1nc2[nH]c(=O)[nH]c2c(=O)[nH]1. The van der Waals surface area contributed by atoms with Gasteiger partial charge in [-0.3, -0.25) is 19.7 Å². The summed E-state index contributed by atoms with van der Waals surface area (Å²) in [6.45, 7) is 0. The standard InChI is InChI=1S/C6H6N4O4S/c1-15(13,14)6-9-3-2(4(11)10-6)7-5(12)8-3/h1H3,(H3,7,8,9,10,11,12). The normalized spacial score (nSPS) is 12.1. The van der Waals surface area contributed by atoms with E-state index in [1.165, 1.54) is 0 Å². The van der Waals surface area contributed by atoms with E-state index < -0.39 is 26.2 Å². The highest BCUT2D eigenvalue weighted by Gasteiger charge is 2.14. The quantitative estimate of drug-likeness (QED) is 0.505. The van der Waals surface area contributed by atoms with Gasteiger partial charge in [0.1, 0.15) is 0 Å². The van der Waals surface area contributed by atoms with Crippen molar-refractivity contribution in [2.75, 3.05) is 6.26 Å². The predicted molar refractivity (Wildman–Crippen MR) is 50.4 cm³/mol.